The van der Waals surface area contributed by atoms with E-state index in [0.717, 1.165) is 0 Å². The summed E-state index contributed by atoms with van der Waals surface area (Å²) in [5.74, 6) is -0.617. The van der Waals surface area contributed by atoms with E-state index < -0.39 is 19.3 Å². The Hall–Kier alpha value is -1.56. The predicted octanol–water partition coefficient (Wildman–Crippen LogP) is 3.40. The average molecular weight is 387 g/mol. The van der Waals surface area contributed by atoms with Gasteiger partial charge in [0.05, 0.1) is 11.1 Å². The second-order valence-electron chi connectivity index (χ2n) is 6.13. The maximum absolute atomic E-state index is 12.1. The molecular formula is C18H32N2O5P+. The van der Waals surface area contributed by atoms with Crippen molar-refractivity contribution in [3.05, 3.63) is 25.3 Å². The molecule has 148 valence electrons. The molecular weight excluding hydrogens is 355 g/mol. The fourth-order valence-electron chi connectivity index (χ4n) is 2.35. The summed E-state index contributed by atoms with van der Waals surface area (Å²) in [6.45, 7) is 14.6. The minimum Gasteiger partial charge on any atom is -0.345 e. The maximum Gasteiger partial charge on any atom is 0.697 e. The molecule has 8 heteroatoms. The summed E-state index contributed by atoms with van der Waals surface area (Å²) in [5.41, 5.74) is -1.27. The Morgan fingerprint density at radius 3 is 1.38 bits per heavy atom. The topological polar surface area (TPSA) is 93.7 Å². The molecule has 7 nitrogen and oxygen atoms in total. The second kappa shape index (κ2) is 11.9. The third-order valence-electron chi connectivity index (χ3n) is 4.75. The molecule has 0 saturated heterocycles. The zero-order valence-corrected chi connectivity index (χ0v) is 17.2. The van der Waals surface area contributed by atoms with Crippen molar-refractivity contribution in [2.75, 3.05) is 13.2 Å². The van der Waals surface area contributed by atoms with Gasteiger partial charge in [-0.25, -0.2) is 0 Å². The van der Waals surface area contributed by atoms with Crippen molar-refractivity contribution in [2.45, 2.75) is 64.5 Å². The van der Waals surface area contributed by atoms with Gasteiger partial charge in [-0.1, -0.05) is 40.9 Å². The van der Waals surface area contributed by atoms with E-state index in [1.807, 2.05) is 27.7 Å². The van der Waals surface area contributed by atoms with Crippen LogP contribution in [0.15, 0.2) is 25.3 Å². The van der Waals surface area contributed by atoms with E-state index in [2.05, 4.69) is 23.8 Å². The normalized spacial score (nSPS) is 11.5. The van der Waals surface area contributed by atoms with Gasteiger partial charge in [0.2, 0.25) is 11.8 Å². The smallest absolute Gasteiger partial charge is 0.345 e. The van der Waals surface area contributed by atoms with E-state index >= 15 is 0 Å². The molecule has 2 amide bonds. The predicted molar refractivity (Wildman–Crippen MR) is 103 cm³/mol. The van der Waals surface area contributed by atoms with Crippen molar-refractivity contribution in [1.82, 2.24) is 10.6 Å². The molecule has 0 radical (unpaired) electrons. The van der Waals surface area contributed by atoms with Crippen LogP contribution in [-0.4, -0.2) is 36.1 Å². The summed E-state index contributed by atoms with van der Waals surface area (Å²) < 4.78 is 22.9. The summed E-state index contributed by atoms with van der Waals surface area (Å²) >= 11 is 0. The lowest BCUT2D eigenvalue weighted by Gasteiger charge is -2.30. The fraction of sp³-hybridized carbons (Fsp3) is 0.667. The van der Waals surface area contributed by atoms with Crippen LogP contribution < -0.4 is 10.6 Å². The third kappa shape index (κ3) is 7.77. The molecule has 0 aliphatic carbocycles. The van der Waals surface area contributed by atoms with Gasteiger partial charge in [-0.3, -0.25) is 9.59 Å². The molecule has 0 spiro atoms. The number of hydrogen-bond acceptors (Lipinski definition) is 5. The number of amides is 2. The summed E-state index contributed by atoms with van der Waals surface area (Å²) in [6.07, 6.45) is 4.81. The first-order valence-electron chi connectivity index (χ1n) is 8.88. The fourth-order valence-corrected chi connectivity index (χ4v) is 3.13. The van der Waals surface area contributed by atoms with Gasteiger partial charge in [-0.2, -0.15) is 0 Å². The van der Waals surface area contributed by atoms with Crippen molar-refractivity contribution in [3.8, 4) is 0 Å². The van der Waals surface area contributed by atoms with Gasteiger partial charge in [0.25, 0.3) is 0 Å². The van der Waals surface area contributed by atoms with Crippen LogP contribution in [0.25, 0.3) is 0 Å². The van der Waals surface area contributed by atoms with Gasteiger partial charge >= 0.3 is 8.25 Å². The highest BCUT2D eigenvalue weighted by Crippen LogP contribution is 2.30. The molecule has 0 heterocycles. The molecule has 0 aromatic carbocycles. The van der Waals surface area contributed by atoms with Crippen molar-refractivity contribution in [1.29, 1.82) is 0 Å². The molecule has 0 saturated carbocycles. The first kappa shape index (κ1) is 24.4. The molecule has 0 aromatic rings. The summed E-state index contributed by atoms with van der Waals surface area (Å²) in [5, 5.41) is 5.66. The van der Waals surface area contributed by atoms with Gasteiger partial charge in [-0.15, -0.1) is 9.05 Å². The van der Waals surface area contributed by atoms with E-state index in [4.69, 9.17) is 9.05 Å². The van der Waals surface area contributed by atoms with Crippen LogP contribution >= 0.6 is 8.25 Å². The molecule has 0 rings (SSSR count). The summed E-state index contributed by atoms with van der Waals surface area (Å²) in [6, 6.07) is 0. The Kier molecular flexibility index (Phi) is 11.2. The van der Waals surface area contributed by atoms with Gasteiger partial charge in [0.1, 0.15) is 13.2 Å². The highest BCUT2D eigenvalue weighted by Gasteiger charge is 2.37. The zero-order chi connectivity index (χ0) is 20.2. The van der Waals surface area contributed by atoms with Gasteiger partial charge in [0.15, 0.2) is 0 Å². The second-order valence-corrected chi connectivity index (χ2v) is 7.10. The Labute approximate surface area is 157 Å². The lowest BCUT2D eigenvalue weighted by Crippen LogP contribution is -2.51. The maximum atomic E-state index is 12.1. The highest BCUT2D eigenvalue weighted by molar-refractivity contribution is 7.33. The van der Waals surface area contributed by atoms with Crippen molar-refractivity contribution >= 4 is 20.1 Å². The van der Waals surface area contributed by atoms with E-state index in [1.54, 1.807) is 0 Å². The number of rotatable bonds is 14. The molecule has 2 N–H and O–H groups in total. The van der Waals surface area contributed by atoms with Crippen LogP contribution in [0, 0.1) is 0 Å². The third-order valence-corrected chi connectivity index (χ3v) is 5.43. The number of carbonyl (C=O) groups is 2. The molecule has 0 aliphatic heterocycles. The molecule has 0 aliphatic rings. The van der Waals surface area contributed by atoms with E-state index in [1.165, 1.54) is 12.2 Å². The first-order valence-corrected chi connectivity index (χ1v) is 9.97. The highest BCUT2D eigenvalue weighted by atomic mass is 31.1. The summed E-state index contributed by atoms with van der Waals surface area (Å²) in [7, 11) is -2.39. The number of hydrogen-bond donors (Lipinski definition) is 2. The molecule has 0 aromatic heterocycles. The Bertz CT molecular complexity index is 470. The Balaban J connectivity index is 4.80. The molecule has 0 bridgehead atoms. The largest absolute Gasteiger partial charge is 0.697 e. The lowest BCUT2D eigenvalue weighted by atomic mass is 9.94. The van der Waals surface area contributed by atoms with Crippen LogP contribution in [-0.2, 0) is 23.2 Å². The monoisotopic (exact) mass is 387 g/mol. The minimum atomic E-state index is -2.39. The lowest BCUT2D eigenvalue weighted by molar-refractivity contribution is -0.119. The van der Waals surface area contributed by atoms with Gasteiger partial charge in [-0.05, 0) is 37.8 Å². The van der Waals surface area contributed by atoms with Crippen molar-refractivity contribution < 1.29 is 23.2 Å². The standard InChI is InChI=1S/C18H31N2O5P/c1-7-15(21)19-17(9-3,10-4)13-24-26(23)25-14-18(11-5,12-6)20-16(22)8-2/h7-8H,1-2,9-14H2,3-6H3,(H-,19,20,21,22)/p+1. The van der Waals surface area contributed by atoms with E-state index in [0.29, 0.717) is 25.7 Å². The number of carbonyl (C=O) groups excluding carboxylic acids is 2. The van der Waals surface area contributed by atoms with Gasteiger partial charge in [0, 0.05) is 4.57 Å². The molecule has 26 heavy (non-hydrogen) atoms. The van der Waals surface area contributed by atoms with Crippen LogP contribution in [0.5, 0.6) is 0 Å². The SMILES string of the molecule is C=CC(=O)NC(CC)(CC)CO[P+](=O)OCC(CC)(CC)NC(=O)C=C. The first-order chi connectivity index (χ1) is 12.3. The van der Waals surface area contributed by atoms with E-state index in [9.17, 15) is 14.2 Å². The quantitative estimate of drug-likeness (QED) is 0.352. The van der Waals surface area contributed by atoms with Crippen LogP contribution in [0.4, 0.5) is 0 Å². The van der Waals surface area contributed by atoms with Gasteiger partial charge < -0.3 is 10.6 Å². The summed E-state index contributed by atoms with van der Waals surface area (Å²) in [4.78, 5) is 23.2. The van der Waals surface area contributed by atoms with E-state index in [-0.39, 0.29) is 25.0 Å². The molecule has 0 atom stereocenters. The minimum absolute atomic E-state index is 0.0546. The Morgan fingerprint density at radius 2 is 1.15 bits per heavy atom. The molecule has 0 fully saturated rings. The van der Waals surface area contributed by atoms with Crippen LogP contribution in [0.1, 0.15) is 53.4 Å². The molecule has 0 unspecified atom stereocenters. The van der Waals surface area contributed by atoms with Crippen LogP contribution in [0.2, 0.25) is 0 Å². The van der Waals surface area contributed by atoms with Crippen molar-refractivity contribution in [3.63, 3.8) is 0 Å². The average Bonchev–Trinajstić information content (AvgIpc) is 2.67. The Morgan fingerprint density at radius 1 is 0.846 bits per heavy atom. The zero-order valence-electron chi connectivity index (χ0n) is 16.3. The number of nitrogens with one attached hydrogen (secondary N) is 2. The van der Waals surface area contributed by atoms with Crippen LogP contribution in [0.3, 0.4) is 0 Å². The van der Waals surface area contributed by atoms with Crippen molar-refractivity contribution in [2.24, 2.45) is 0 Å².